The van der Waals surface area contributed by atoms with E-state index in [1.807, 2.05) is 0 Å². The molecule has 0 atom stereocenters. The monoisotopic (exact) mass is 266 g/mol. The number of rotatable bonds is 4. The summed E-state index contributed by atoms with van der Waals surface area (Å²) in [6.45, 7) is 1.65. The van der Waals surface area contributed by atoms with Crippen molar-refractivity contribution in [3.05, 3.63) is 16.4 Å². The number of hydrogen-bond acceptors (Lipinski definition) is 4. The molecule has 0 aliphatic rings. The van der Waals surface area contributed by atoms with Crippen molar-refractivity contribution in [3.63, 3.8) is 0 Å². The van der Waals surface area contributed by atoms with E-state index in [2.05, 4.69) is 5.10 Å². The van der Waals surface area contributed by atoms with Crippen LogP contribution in [0, 0.1) is 6.92 Å². The number of sulfone groups is 1. The summed E-state index contributed by atoms with van der Waals surface area (Å²) in [6.07, 6.45) is 0. The Morgan fingerprint density at radius 2 is 2.12 bits per heavy atom. The van der Waals surface area contributed by atoms with E-state index in [1.165, 1.54) is 4.68 Å². The Labute approximate surface area is 97.7 Å². The summed E-state index contributed by atoms with van der Waals surface area (Å²) < 4.78 is 24.2. The zero-order valence-electron chi connectivity index (χ0n) is 8.77. The van der Waals surface area contributed by atoms with Gasteiger partial charge in [0, 0.05) is 7.05 Å². The summed E-state index contributed by atoms with van der Waals surface area (Å²) in [6, 6.07) is 0. The molecular weight excluding hydrogens is 256 g/mol. The van der Waals surface area contributed by atoms with E-state index >= 15 is 0 Å². The summed E-state index contributed by atoms with van der Waals surface area (Å²) in [7, 11) is -2.15. The van der Waals surface area contributed by atoms with Crippen molar-refractivity contribution < 1.29 is 18.3 Å². The lowest BCUT2D eigenvalue weighted by atomic mass is 10.4. The summed E-state index contributed by atoms with van der Waals surface area (Å²) in [4.78, 5) is 10.3. The van der Waals surface area contributed by atoms with Crippen LogP contribution < -0.4 is 0 Å². The highest BCUT2D eigenvalue weighted by Crippen LogP contribution is 2.21. The van der Waals surface area contributed by atoms with E-state index < -0.39 is 27.3 Å². The van der Waals surface area contributed by atoms with Crippen molar-refractivity contribution in [1.82, 2.24) is 9.78 Å². The van der Waals surface area contributed by atoms with Crippen LogP contribution >= 0.6 is 11.6 Å². The van der Waals surface area contributed by atoms with Crippen molar-refractivity contribution in [3.8, 4) is 0 Å². The fraction of sp³-hybridized carbons (Fsp3) is 0.500. The first-order valence-corrected chi connectivity index (χ1v) is 6.53. The van der Waals surface area contributed by atoms with Gasteiger partial charge in [-0.05, 0) is 6.92 Å². The molecule has 16 heavy (non-hydrogen) atoms. The Balaban J connectivity index is 3.01. The zero-order chi connectivity index (χ0) is 12.5. The molecule has 6 nitrogen and oxygen atoms in total. The van der Waals surface area contributed by atoms with Crippen molar-refractivity contribution in [2.45, 2.75) is 12.7 Å². The molecule has 0 bridgehead atoms. The van der Waals surface area contributed by atoms with Crippen LogP contribution in [0.2, 0.25) is 5.02 Å². The van der Waals surface area contributed by atoms with Crippen LogP contribution in [0.3, 0.4) is 0 Å². The van der Waals surface area contributed by atoms with Crippen LogP contribution in [-0.4, -0.2) is 35.0 Å². The predicted octanol–water partition coefficient (Wildman–Crippen LogP) is 0.381. The number of carboxylic acids is 1. The largest absolute Gasteiger partial charge is 0.480 e. The SMILES string of the molecule is Cc1nn(C)c(CS(=O)(=O)CC(=O)O)c1Cl. The van der Waals surface area contributed by atoms with Gasteiger partial charge in [-0.2, -0.15) is 5.10 Å². The van der Waals surface area contributed by atoms with Gasteiger partial charge in [-0.3, -0.25) is 9.48 Å². The van der Waals surface area contributed by atoms with Gasteiger partial charge in [0.15, 0.2) is 9.84 Å². The molecule has 1 N–H and O–H groups in total. The molecule has 0 fully saturated rings. The number of carboxylic acid groups (broad SMARTS) is 1. The predicted molar refractivity (Wildman–Crippen MR) is 58.1 cm³/mol. The second kappa shape index (κ2) is 4.42. The van der Waals surface area contributed by atoms with E-state index in [9.17, 15) is 13.2 Å². The number of aliphatic carboxylic acids is 1. The zero-order valence-corrected chi connectivity index (χ0v) is 10.3. The van der Waals surface area contributed by atoms with Gasteiger partial charge in [0.25, 0.3) is 0 Å². The number of carbonyl (C=O) groups is 1. The molecule has 1 aromatic rings. The average molecular weight is 267 g/mol. The summed E-state index contributed by atoms with van der Waals surface area (Å²) >= 11 is 5.86. The Bertz CT molecular complexity index is 520. The third-order valence-corrected chi connectivity index (χ3v) is 3.85. The van der Waals surface area contributed by atoms with Crippen LogP contribution in [0.1, 0.15) is 11.4 Å². The Morgan fingerprint density at radius 3 is 2.50 bits per heavy atom. The van der Waals surface area contributed by atoms with Crippen molar-refractivity contribution in [1.29, 1.82) is 0 Å². The van der Waals surface area contributed by atoms with Crippen molar-refractivity contribution >= 4 is 27.4 Å². The highest BCUT2D eigenvalue weighted by atomic mass is 35.5. The van der Waals surface area contributed by atoms with E-state index in [-0.39, 0.29) is 5.02 Å². The smallest absolute Gasteiger partial charge is 0.318 e. The van der Waals surface area contributed by atoms with E-state index in [4.69, 9.17) is 16.7 Å². The van der Waals surface area contributed by atoms with Gasteiger partial charge in [-0.1, -0.05) is 11.6 Å². The van der Waals surface area contributed by atoms with Gasteiger partial charge >= 0.3 is 5.97 Å². The maximum Gasteiger partial charge on any atom is 0.318 e. The van der Waals surface area contributed by atoms with Crippen LogP contribution in [0.15, 0.2) is 0 Å². The third-order valence-electron chi connectivity index (χ3n) is 1.96. The lowest BCUT2D eigenvalue weighted by Gasteiger charge is -2.02. The van der Waals surface area contributed by atoms with Gasteiger partial charge in [0.05, 0.1) is 22.2 Å². The van der Waals surface area contributed by atoms with Crippen molar-refractivity contribution in [2.24, 2.45) is 7.05 Å². The molecule has 0 saturated heterocycles. The minimum absolute atomic E-state index is 0.261. The topological polar surface area (TPSA) is 89.3 Å². The number of aryl methyl sites for hydroxylation is 2. The third kappa shape index (κ3) is 2.96. The van der Waals surface area contributed by atoms with E-state index in [0.29, 0.717) is 11.4 Å². The summed E-state index contributed by atoms with van der Waals surface area (Å²) in [5.74, 6) is -2.71. The fourth-order valence-corrected chi connectivity index (χ4v) is 2.82. The molecule has 0 aliphatic carbocycles. The second-order valence-corrected chi connectivity index (χ2v) is 5.84. The standard InChI is InChI=1S/C8H11ClN2O4S/c1-5-8(9)6(11(2)10-5)3-16(14,15)4-7(12)13/h3-4H2,1-2H3,(H,12,13). The van der Waals surface area contributed by atoms with E-state index in [0.717, 1.165) is 0 Å². The molecule has 0 radical (unpaired) electrons. The number of halogens is 1. The second-order valence-electron chi connectivity index (χ2n) is 3.40. The van der Waals surface area contributed by atoms with Gasteiger partial charge in [-0.15, -0.1) is 0 Å². The van der Waals surface area contributed by atoms with Crippen LogP contribution in [0.25, 0.3) is 0 Å². The summed E-state index contributed by atoms with van der Waals surface area (Å²) in [5.41, 5.74) is 0.824. The molecule has 0 spiro atoms. The van der Waals surface area contributed by atoms with Crippen molar-refractivity contribution in [2.75, 3.05) is 5.75 Å². The highest BCUT2D eigenvalue weighted by Gasteiger charge is 2.21. The number of aromatic nitrogens is 2. The molecule has 1 aromatic heterocycles. The first kappa shape index (κ1) is 13.0. The Hall–Kier alpha value is -1.08. The van der Waals surface area contributed by atoms with Crippen LogP contribution in [-0.2, 0) is 27.4 Å². The van der Waals surface area contributed by atoms with Crippen LogP contribution in [0.5, 0.6) is 0 Å². The molecule has 0 aliphatic heterocycles. The maximum absolute atomic E-state index is 11.4. The number of hydrogen-bond donors (Lipinski definition) is 1. The van der Waals surface area contributed by atoms with E-state index in [1.54, 1.807) is 14.0 Å². The Morgan fingerprint density at radius 1 is 1.56 bits per heavy atom. The van der Waals surface area contributed by atoms with Gasteiger partial charge in [0.1, 0.15) is 5.75 Å². The molecule has 0 unspecified atom stereocenters. The number of nitrogens with zero attached hydrogens (tertiary/aromatic N) is 2. The van der Waals surface area contributed by atoms with Gasteiger partial charge in [0.2, 0.25) is 0 Å². The molecule has 0 aromatic carbocycles. The van der Waals surface area contributed by atoms with Gasteiger partial charge < -0.3 is 5.11 Å². The first-order chi connectivity index (χ1) is 7.23. The lowest BCUT2D eigenvalue weighted by Crippen LogP contribution is -2.18. The fourth-order valence-electron chi connectivity index (χ4n) is 1.28. The molecule has 0 saturated carbocycles. The molecule has 90 valence electrons. The van der Waals surface area contributed by atoms with Crippen LogP contribution in [0.4, 0.5) is 0 Å². The average Bonchev–Trinajstić information content (AvgIpc) is 2.29. The molecular formula is C8H11ClN2O4S. The lowest BCUT2D eigenvalue weighted by molar-refractivity contribution is -0.134. The molecule has 1 rings (SSSR count). The maximum atomic E-state index is 11.4. The highest BCUT2D eigenvalue weighted by molar-refractivity contribution is 7.91. The minimum Gasteiger partial charge on any atom is -0.480 e. The summed E-state index contributed by atoms with van der Waals surface area (Å²) in [5, 5.41) is 12.6. The normalized spacial score (nSPS) is 11.7. The molecule has 8 heteroatoms. The quantitative estimate of drug-likeness (QED) is 0.851. The minimum atomic E-state index is -3.71. The Kier molecular flexibility index (Phi) is 3.59. The first-order valence-electron chi connectivity index (χ1n) is 4.33. The molecule has 1 heterocycles. The van der Waals surface area contributed by atoms with Gasteiger partial charge in [-0.25, -0.2) is 8.42 Å². The molecule has 0 amide bonds.